The molecule has 0 saturated carbocycles. The molecule has 0 saturated heterocycles. The maximum atomic E-state index is 11.9. The van der Waals surface area contributed by atoms with Crippen LogP contribution in [0.3, 0.4) is 0 Å². The number of carbonyl (C=O) groups is 1. The lowest BCUT2D eigenvalue weighted by atomic mass is 9.69. The van der Waals surface area contributed by atoms with Crippen LogP contribution in [-0.2, 0) is 11.2 Å². The summed E-state index contributed by atoms with van der Waals surface area (Å²) < 4.78 is 0. The third-order valence-corrected chi connectivity index (χ3v) is 8.92. The van der Waals surface area contributed by atoms with Crippen molar-refractivity contribution in [2.24, 2.45) is 28.1 Å². The molecule has 2 aromatic carbocycles. The summed E-state index contributed by atoms with van der Waals surface area (Å²) in [6.07, 6.45) is 13.8. The van der Waals surface area contributed by atoms with Crippen molar-refractivity contribution < 1.29 is 15.0 Å². The van der Waals surface area contributed by atoms with E-state index < -0.39 is 12.0 Å². The van der Waals surface area contributed by atoms with Gasteiger partial charge in [0.05, 0.1) is 6.54 Å². The number of unbranched alkanes of at least 4 members (excludes halogenated alkanes) is 3. The molecule has 1 aliphatic carbocycles. The van der Waals surface area contributed by atoms with Gasteiger partial charge in [-0.1, -0.05) is 86.2 Å². The number of aryl methyl sites for hydroxylation is 1. The Balaban J connectivity index is 1.58. The summed E-state index contributed by atoms with van der Waals surface area (Å²) in [6.45, 7) is 0.335. The summed E-state index contributed by atoms with van der Waals surface area (Å²) in [4.78, 5) is 19.2. The first kappa shape index (κ1) is 33.1. The van der Waals surface area contributed by atoms with Gasteiger partial charge in [-0.05, 0) is 90.3 Å². The number of aromatic amines is 1. The number of carboxylic acid groups (broad SMARTS) is 1. The Kier molecular flexibility index (Phi) is 12.7. The fourth-order valence-electron chi connectivity index (χ4n) is 6.68. The number of nitrogens with zero attached hydrogens (tertiary/aromatic N) is 2. The predicted octanol–water partition coefficient (Wildman–Crippen LogP) is 6.00. The zero-order valence-corrected chi connectivity index (χ0v) is 25.7. The van der Waals surface area contributed by atoms with E-state index in [0.29, 0.717) is 29.6 Å². The van der Waals surface area contributed by atoms with Crippen molar-refractivity contribution in [3.63, 3.8) is 0 Å². The van der Waals surface area contributed by atoms with Gasteiger partial charge in [0.2, 0.25) is 0 Å². The van der Waals surface area contributed by atoms with E-state index in [1.807, 2.05) is 18.3 Å². The second-order valence-corrected chi connectivity index (χ2v) is 12.2. The number of rotatable bonds is 18. The molecule has 0 spiro atoms. The van der Waals surface area contributed by atoms with Gasteiger partial charge in [0.25, 0.3) is 0 Å². The lowest BCUT2D eigenvalue weighted by Gasteiger charge is -2.39. The predicted molar refractivity (Wildman–Crippen MR) is 179 cm³/mol. The van der Waals surface area contributed by atoms with Gasteiger partial charge in [-0.2, -0.15) is 0 Å². The average molecular weight is 602 g/mol. The number of guanidine groups is 1. The maximum absolute atomic E-state index is 11.9. The van der Waals surface area contributed by atoms with Crippen molar-refractivity contribution in [2.45, 2.75) is 88.6 Å². The van der Waals surface area contributed by atoms with Crippen molar-refractivity contribution in [1.29, 1.82) is 0 Å². The number of aliphatic carboxylic acids is 1. The number of aliphatic hydroxyl groups is 1. The van der Waals surface area contributed by atoms with Gasteiger partial charge < -0.3 is 37.7 Å². The summed E-state index contributed by atoms with van der Waals surface area (Å²) in [7, 11) is 0. The molecule has 0 fully saturated rings. The van der Waals surface area contributed by atoms with Crippen molar-refractivity contribution >= 4 is 28.5 Å². The molecule has 0 amide bonds. The Morgan fingerprint density at radius 1 is 1.05 bits per heavy atom. The summed E-state index contributed by atoms with van der Waals surface area (Å²) in [5, 5.41) is 26.2. The minimum atomic E-state index is -1.04. The molecule has 4 atom stereocenters. The molecular formula is C35H49N6O3-. The molecule has 1 aromatic heterocycles. The van der Waals surface area contributed by atoms with Crippen LogP contribution >= 0.6 is 0 Å². The molecule has 9 nitrogen and oxygen atoms in total. The number of aliphatic imine (C=N–C) groups is 1. The summed E-state index contributed by atoms with van der Waals surface area (Å²) >= 11 is 0. The van der Waals surface area contributed by atoms with Crippen molar-refractivity contribution in [3.8, 4) is 0 Å². The Bertz CT molecular complexity index is 1380. The largest absolute Gasteiger partial charge is 0.478 e. The highest BCUT2D eigenvalue weighted by atomic mass is 16.4. The van der Waals surface area contributed by atoms with Crippen LogP contribution in [0.4, 0.5) is 5.82 Å². The number of H-pyrrole nitrogens is 1. The normalized spacial score (nSPS) is 18.0. The van der Waals surface area contributed by atoms with Gasteiger partial charge in [-0.3, -0.25) is 0 Å². The van der Waals surface area contributed by atoms with Crippen LogP contribution in [0.15, 0.2) is 71.4 Å². The van der Waals surface area contributed by atoms with E-state index >= 15 is 0 Å². The van der Waals surface area contributed by atoms with E-state index in [0.717, 1.165) is 64.2 Å². The first-order valence-electron chi connectivity index (χ1n) is 16.0. The standard InChI is InChI=1S/C35H49N6O3/c36-29(11-3-1-2-6-18-42)12-7-13-30-27(16-15-26-19-24-9-4-5-10-25(24)20-31(26)30)21-32(41-33-14-8-17-39-33)28(22-34(43)44)23-40-35(37)38/h4-5,8-10,14,17,19-20,22,27,29-30,32,39,42H,1-3,6-7,11-13,15-16,18,21,23,36H2,(H,43,44)(H4,37,38,40)/q-1/b28-22+/t27-,29-,30-,32-/m1/s1. The molecular weight excluding hydrogens is 552 g/mol. The van der Waals surface area contributed by atoms with Crippen LogP contribution in [0.5, 0.6) is 0 Å². The summed E-state index contributed by atoms with van der Waals surface area (Å²) in [5.41, 5.74) is 21.2. The Morgan fingerprint density at radius 3 is 2.50 bits per heavy atom. The molecule has 0 bridgehead atoms. The zero-order valence-electron chi connectivity index (χ0n) is 25.7. The highest BCUT2D eigenvalue weighted by Crippen LogP contribution is 2.45. The number of fused-ring (bicyclic) bond motifs is 2. The van der Waals surface area contributed by atoms with Crippen molar-refractivity contribution in [1.82, 2.24) is 4.98 Å². The lowest BCUT2D eigenvalue weighted by molar-refractivity contribution is -0.131. The van der Waals surface area contributed by atoms with Crippen LogP contribution in [-0.4, -0.2) is 52.4 Å². The lowest BCUT2D eigenvalue weighted by Crippen LogP contribution is -2.28. The van der Waals surface area contributed by atoms with Crippen LogP contribution in [0.25, 0.3) is 16.1 Å². The van der Waals surface area contributed by atoms with E-state index in [1.165, 1.54) is 28.0 Å². The molecule has 238 valence electrons. The number of hydrogen-bond acceptors (Lipinski definition) is 4. The Labute approximate surface area is 261 Å². The number of hydrogen-bond donors (Lipinski definition) is 6. The minimum Gasteiger partial charge on any atom is -0.478 e. The van der Waals surface area contributed by atoms with E-state index in [9.17, 15) is 9.90 Å². The molecule has 9 N–H and O–H groups in total. The number of benzene rings is 2. The number of aliphatic hydroxyl groups excluding tert-OH is 1. The van der Waals surface area contributed by atoms with E-state index in [1.54, 1.807) is 0 Å². The van der Waals surface area contributed by atoms with Crippen LogP contribution in [0, 0.1) is 5.92 Å². The molecule has 3 aromatic rings. The molecule has 4 rings (SSSR count). The zero-order chi connectivity index (χ0) is 31.3. The van der Waals surface area contributed by atoms with Crippen molar-refractivity contribution in [2.75, 3.05) is 13.2 Å². The number of aromatic nitrogens is 1. The summed E-state index contributed by atoms with van der Waals surface area (Å²) in [6, 6.07) is 16.8. The molecule has 0 unspecified atom stereocenters. The molecule has 1 aliphatic rings. The minimum absolute atomic E-state index is 0.0786. The van der Waals surface area contributed by atoms with Crippen LogP contribution in [0.2, 0.25) is 0 Å². The first-order valence-corrected chi connectivity index (χ1v) is 16.0. The highest BCUT2D eigenvalue weighted by molar-refractivity contribution is 5.84. The van der Waals surface area contributed by atoms with Gasteiger partial charge in [-0.25, -0.2) is 9.79 Å². The van der Waals surface area contributed by atoms with E-state index in [2.05, 4.69) is 46.4 Å². The highest BCUT2D eigenvalue weighted by Gasteiger charge is 2.32. The number of nitrogens with one attached hydrogen (secondary N) is 1. The molecule has 1 heterocycles. The van der Waals surface area contributed by atoms with Gasteiger partial charge in [-0.15, -0.1) is 0 Å². The first-order chi connectivity index (χ1) is 21.3. The van der Waals surface area contributed by atoms with Crippen molar-refractivity contribution in [3.05, 3.63) is 82.8 Å². The fraction of sp³-hybridized carbons (Fsp3) is 0.486. The molecule has 0 radical (unpaired) electrons. The third-order valence-electron chi connectivity index (χ3n) is 8.92. The van der Waals surface area contributed by atoms with Crippen LogP contribution in [0.1, 0.15) is 81.3 Å². The van der Waals surface area contributed by atoms with E-state index in [-0.39, 0.29) is 25.2 Å². The van der Waals surface area contributed by atoms with Gasteiger partial charge in [0, 0.05) is 18.7 Å². The monoisotopic (exact) mass is 601 g/mol. The second-order valence-electron chi connectivity index (χ2n) is 12.2. The third kappa shape index (κ3) is 9.86. The van der Waals surface area contributed by atoms with Crippen LogP contribution < -0.4 is 17.2 Å². The molecule has 9 heteroatoms. The fourth-order valence-corrected chi connectivity index (χ4v) is 6.68. The summed E-state index contributed by atoms with van der Waals surface area (Å²) in [5.74, 6) is 0.162. The molecule has 0 aliphatic heterocycles. The van der Waals surface area contributed by atoms with E-state index in [4.69, 9.17) is 27.6 Å². The quantitative estimate of drug-likeness (QED) is 0.0450. The SMILES string of the molecule is NC(N)=NC/C(=C\C(=O)O)[C@@H](C[C@H]1CCc2cc3ccccc3cc2[C@@H]1CCC[C@H](N)CCCCCCO)[N-]c1ccc[nH]1. The van der Waals surface area contributed by atoms with Gasteiger partial charge in [0.15, 0.2) is 5.96 Å². The maximum Gasteiger partial charge on any atom is 0.328 e. The van der Waals surface area contributed by atoms with Gasteiger partial charge >= 0.3 is 5.97 Å². The van der Waals surface area contributed by atoms with Gasteiger partial charge in [0.1, 0.15) is 0 Å². The smallest absolute Gasteiger partial charge is 0.328 e. The number of carboxylic acids is 1. The number of nitrogens with two attached hydrogens (primary N) is 3. The topological polar surface area (TPSA) is 178 Å². The average Bonchev–Trinajstić information content (AvgIpc) is 3.51. The Morgan fingerprint density at radius 2 is 1.80 bits per heavy atom. The second kappa shape index (κ2) is 16.9. The Hall–Kier alpha value is -3.82. The molecule has 44 heavy (non-hydrogen) atoms.